The lowest BCUT2D eigenvalue weighted by Gasteiger charge is -2.33. The number of likely N-dealkylation sites (tertiary alicyclic amines) is 1. The van der Waals surface area contributed by atoms with E-state index in [1.807, 2.05) is 7.05 Å². The number of carbonyl (C=O) groups excluding carboxylic acids is 1. The predicted molar refractivity (Wildman–Crippen MR) is 92.5 cm³/mol. The van der Waals surface area contributed by atoms with Crippen LogP contribution < -0.4 is 5.32 Å². The van der Waals surface area contributed by atoms with Gasteiger partial charge in [0.25, 0.3) is 0 Å². The van der Waals surface area contributed by atoms with E-state index in [0.29, 0.717) is 17.9 Å². The highest BCUT2D eigenvalue weighted by Gasteiger charge is 2.26. The summed E-state index contributed by atoms with van der Waals surface area (Å²) in [4.78, 5) is 14.6. The number of carbonyl (C=O) groups is 1. The molecule has 122 valence electrons. The molecular weight excluding hydrogens is 296 g/mol. The Balaban J connectivity index is 0.00000176. The van der Waals surface area contributed by atoms with Crippen LogP contribution in [0, 0.1) is 5.92 Å². The molecule has 1 aromatic rings. The van der Waals surface area contributed by atoms with Gasteiger partial charge in [0.2, 0.25) is 5.91 Å². The van der Waals surface area contributed by atoms with Crippen molar-refractivity contribution in [3.05, 3.63) is 35.4 Å². The molecule has 3 rings (SSSR count). The second-order valence-corrected chi connectivity index (χ2v) is 6.53. The van der Waals surface area contributed by atoms with Gasteiger partial charge in [0.1, 0.15) is 0 Å². The molecule has 1 N–H and O–H groups in total. The summed E-state index contributed by atoms with van der Waals surface area (Å²) in [7, 11) is 2.02. The second kappa shape index (κ2) is 7.98. The number of hydrogen-bond acceptors (Lipinski definition) is 2. The highest BCUT2D eigenvalue weighted by atomic mass is 35.5. The van der Waals surface area contributed by atoms with Gasteiger partial charge in [-0.2, -0.15) is 0 Å². The van der Waals surface area contributed by atoms with Crippen LogP contribution >= 0.6 is 12.4 Å². The Kier molecular flexibility index (Phi) is 6.27. The van der Waals surface area contributed by atoms with Crippen molar-refractivity contribution in [2.75, 3.05) is 20.1 Å². The fourth-order valence-corrected chi connectivity index (χ4v) is 3.74. The molecule has 1 aliphatic heterocycles. The van der Waals surface area contributed by atoms with Crippen molar-refractivity contribution in [1.29, 1.82) is 0 Å². The van der Waals surface area contributed by atoms with Crippen LogP contribution in [0.1, 0.15) is 36.8 Å². The van der Waals surface area contributed by atoms with Gasteiger partial charge in [-0.1, -0.05) is 24.3 Å². The largest absolute Gasteiger partial charge is 0.343 e. The molecule has 1 aliphatic carbocycles. The zero-order valence-corrected chi connectivity index (χ0v) is 14.2. The second-order valence-electron chi connectivity index (χ2n) is 6.53. The summed E-state index contributed by atoms with van der Waals surface area (Å²) in [5.74, 6) is 0.906. The summed E-state index contributed by atoms with van der Waals surface area (Å²) in [5.41, 5.74) is 2.94. The number of aryl methyl sites for hydroxylation is 1. The summed E-state index contributed by atoms with van der Waals surface area (Å²) in [6, 6.07) is 9.29. The van der Waals surface area contributed by atoms with E-state index in [1.54, 1.807) is 0 Å². The van der Waals surface area contributed by atoms with Gasteiger partial charge in [-0.05, 0) is 56.2 Å². The summed E-state index contributed by atoms with van der Waals surface area (Å²) in [6.07, 6.45) is 6.30. The van der Waals surface area contributed by atoms with Crippen LogP contribution in [0.25, 0.3) is 0 Å². The van der Waals surface area contributed by atoms with Crippen molar-refractivity contribution in [1.82, 2.24) is 10.2 Å². The zero-order chi connectivity index (χ0) is 14.7. The van der Waals surface area contributed by atoms with E-state index >= 15 is 0 Å². The molecule has 1 fully saturated rings. The van der Waals surface area contributed by atoms with Crippen LogP contribution in [0.2, 0.25) is 0 Å². The molecule has 22 heavy (non-hydrogen) atoms. The SMILES string of the molecule is CNC1CCN(C(=O)CC2CCc3ccccc3C2)CC1.Cl. The first kappa shape index (κ1) is 17.3. The number of fused-ring (bicyclic) bond motifs is 1. The minimum atomic E-state index is 0. The topological polar surface area (TPSA) is 32.3 Å². The minimum absolute atomic E-state index is 0. The third-order valence-corrected chi connectivity index (χ3v) is 5.17. The van der Waals surface area contributed by atoms with Crippen molar-refractivity contribution in [2.45, 2.75) is 44.6 Å². The lowest BCUT2D eigenvalue weighted by Crippen LogP contribution is -2.44. The maximum Gasteiger partial charge on any atom is 0.222 e. The highest BCUT2D eigenvalue weighted by Crippen LogP contribution is 2.28. The summed E-state index contributed by atoms with van der Waals surface area (Å²) in [6.45, 7) is 1.85. The molecule has 2 aliphatic rings. The molecule has 0 saturated carbocycles. The van der Waals surface area contributed by atoms with Crippen molar-refractivity contribution >= 4 is 18.3 Å². The van der Waals surface area contributed by atoms with Gasteiger partial charge in [0, 0.05) is 25.6 Å². The van der Waals surface area contributed by atoms with Crippen molar-refractivity contribution in [3.63, 3.8) is 0 Å². The Morgan fingerprint density at radius 1 is 1.18 bits per heavy atom. The van der Waals surface area contributed by atoms with Gasteiger partial charge in [-0.15, -0.1) is 12.4 Å². The van der Waals surface area contributed by atoms with Crippen LogP contribution in [0.3, 0.4) is 0 Å². The van der Waals surface area contributed by atoms with Gasteiger partial charge < -0.3 is 10.2 Å². The van der Waals surface area contributed by atoms with E-state index in [2.05, 4.69) is 34.5 Å². The number of hydrogen-bond donors (Lipinski definition) is 1. The van der Waals surface area contributed by atoms with Gasteiger partial charge in [-0.25, -0.2) is 0 Å². The van der Waals surface area contributed by atoms with E-state index in [-0.39, 0.29) is 12.4 Å². The smallest absolute Gasteiger partial charge is 0.222 e. The fourth-order valence-electron chi connectivity index (χ4n) is 3.74. The van der Waals surface area contributed by atoms with E-state index in [4.69, 9.17) is 0 Å². The first-order valence-electron chi connectivity index (χ1n) is 8.28. The summed E-state index contributed by atoms with van der Waals surface area (Å²) >= 11 is 0. The molecule has 0 bridgehead atoms. The predicted octanol–water partition coefficient (Wildman–Crippen LogP) is 2.81. The average molecular weight is 323 g/mol. The minimum Gasteiger partial charge on any atom is -0.343 e. The first-order chi connectivity index (χ1) is 10.3. The number of benzene rings is 1. The normalized spacial score (nSPS) is 21.9. The molecule has 0 spiro atoms. The fraction of sp³-hybridized carbons (Fsp3) is 0.611. The monoisotopic (exact) mass is 322 g/mol. The Morgan fingerprint density at radius 2 is 1.86 bits per heavy atom. The van der Waals surface area contributed by atoms with Crippen molar-refractivity contribution in [3.8, 4) is 0 Å². The van der Waals surface area contributed by atoms with Crippen LogP contribution in [0.4, 0.5) is 0 Å². The number of rotatable bonds is 3. The van der Waals surface area contributed by atoms with E-state index in [9.17, 15) is 4.79 Å². The van der Waals surface area contributed by atoms with E-state index < -0.39 is 0 Å². The van der Waals surface area contributed by atoms with Gasteiger partial charge >= 0.3 is 0 Å². The molecule has 1 amide bonds. The molecule has 1 saturated heterocycles. The van der Waals surface area contributed by atoms with Crippen LogP contribution in [-0.4, -0.2) is 37.0 Å². The average Bonchev–Trinajstić information content (AvgIpc) is 2.55. The molecule has 0 radical (unpaired) electrons. The van der Waals surface area contributed by atoms with Crippen LogP contribution in [-0.2, 0) is 17.6 Å². The quantitative estimate of drug-likeness (QED) is 0.928. The maximum atomic E-state index is 12.5. The van der Waals surface area contributed by atoms with Crippen LogP contribution in [0.15, 0.2) is 24.3 Å². The third-order valence-electron chi connectivity index (χ3n) is 5.17. The number of nitrogens with zero attached hydrogens (tertiary/aromatic N) is 1. The lowest BCUT2D eigenvalue weighted by molar-refractivity contribution is -0.133. The molecule has 1 heterocycles. The van der Waals surface area contributed by atoms with E-state index in [0.717, 1.165) is 51.6 Å². The Labute approximate surface area is 139 Å². The van der Waals surface area contributed by atoms with Crippen molar-refractivity contribution < 1.29 is 4.79 Å². The van der Waals surface area contributed by atoms with Gasteiger partial charge in [-0.3, -0.25) is 4.79 Å². The Bertz CT molecular complexity index is 498. The van der Waals surface area contributed by atoms with E-state index in [1.165, 1.54) is 11.1 Å². The molecule has 1 unspecified atom stereocenters. The molecule has 1 atom stereocenters. The Morgan fingerprint density at radius 3 is 2.55 bits per heavy atom. The number of amides is 1. The van der Waals surface area contributed by atoms with Gasteiger partial charge in [0.05, 0.1) is 0 Å². The number of piperidine rings is 1. The zero-order valence-electron chi connectivity index (χ0n) is 13.4. The number of halogens is 1. The number of nitrogens with one attached hydrogen (secondary N) is 1. The molecule has 1 aromatic carbocycles. The lowest BCUT2D eigenvalue weighted by atomic mass is 9.82. The molecule has 0 aromatic heterocycles. The Hall–Kier alpha value is -1.06. The molecular formula is C18H27ClN2O. The molecule has 4 heteroatoms. The van der Waals surface area contributed by atoms with Gasteiger partial charge in [0.15, 0.2) is 0 Å². The third kappa shape index (κ3) is 4.02. The highest BCUT2D eigenvalue weighted by molar-refractivity contribution is 5.85. The van der Waals surface area contributed by atoms with Crippen molar-refractivity contribution in [2.24, 2.45) is 5.92 Å². The summed E-state index contributed by atoms with van der Waals surface area (Å²) in [5, 5.41) is 3.32. The first-order valence-corrected chi connectivity index (χ1v) is 8.28. The summed E-state index contributed by atoms with van der Waals surface area (Å²) < 4.78 is 0. The van der Waals surface area contributed by atoms with Crippen LogP contribution in [0.5, 0.6) is 0 Å². The standard InChI is InChI=1S/C18H26N2O.ClH/c1-19-17-8-10-20(11-9-17)18(21)13-14-6-7-15-4-2-3-5-16(15)12-14;/h2-5,14,17,19H,6-13H2,1H3;1H. The molecule has 3 nitrogen and oxygen atoms in total. The maximum absolute atomic E-state index is 12.5.